The molecule has 1 aliphatic heterocycles. The van der Waals surface area contributed by atoms with Crippen molar-refractivity contribution < 1.29 is 9.21 Å². The highest BCUT2D eigenvalue weighted by Crippen LogP contribution is 2.28. The first kappa shape index (κ1) is 14.9. The first-order valence-electron chi connectivity index (χ1n) is 8.14. The molecular formula is C17H19N5O2. The van der Waals surface area contributed by atoms with Crippen LogP contribution in [0.15, 0.2) is 29.1 Å². The molecular weight excluding hydrogens is 306 g/mol. The van der Waals surface area contributed by atoms with Crippen molar-refractivity contribution in [3.63, 3.8) is 0 Å². The van der Waals surface area contributed by atoms with Crippen LogP contribution in [-0.2, 0) is 0 Å². The monoisotopic (exact) mass is 325 g/mol. The van der Waals surface area contributed by atoms with Crippen LogP contribution >= 0.6 is 0 Å². The summed E-state index contributed by atoms with van der Waals surface area (Å²) in [5.74, 6) is 0.900. The maximum absolute atomic E-state index is 12.5. The van der Waals surface area contributed by atoms with E-state index in [1.807, 2.05) is 34.7 Å². The molecule has 1 amide bonds. The van der Waals surface area contributed by atoms with E-state index in [-0.39, 0.29) is 5.91 Å². The summed E-state index contributed by atoms with van der Waals surface area (Å²) in [5, 5.41) is 4.55. The van der Waals surface area contributed by atoms with Crippen LogP contribution in [0.3, 0.4) is 0 Å². The molecule has 3 aromatic heterocycles. The Labute approximate surface area is 139 Å². The summed E-state index contributed by atoms with van der Waals surface area (Å²) in [6, 6.07) is 4.01. The third-order valence-electron chi connectivity index (χ3n) is 4.66. The van der Waals surface area contributed by atoms with E-state index in [9.17, 15) is 4.79 Å². The van der Waals surface area contributed by atoms with Crippen molar-refractivity contribution in [2.75, 3.05) is 13.1 Å². The highest BCUT2D eigenvalue weighted by molar-refractivity contribution is 5.93. The van der Waals surface area contributed by atoms with Crippen molar-refractivity contribution in [3.8, 4) is 0 Å². The van der Waals surface area contributed by atoms with Gasteiger partial charge in [-0.05, 0) is 32.8 Å². The lowest BCUT2D eigenvalue weighted by Crippen LogP contribution is -2.38. The van der Waals surface area contributed by atoms with Crippen LogP contribution in [0.4, 0.5) is 0 Å². The molecule has 1 aliphatic rings. The smallest absolute Gasteiger partial charge is 0.276 e. The van der Waals surface area contributed by atoms with Crippen LogP contribution in [-0.4, -0.2) is 43.5 Å². The second-order valence-electron chi connectivity index (χ2n) is 6.25. The number of fused-ring (bicyclic) bond motifs is 1. The zero-order valence-electron chi connectivity index (χ0n) is 13.8. The fourth-order valence-electron chi connectivity index (χ4n) is 3.38. The molecule has 24 heavy (non-hydrogen) atoms. The lowest BCUT2D eigenvalue weighted by Gasteiger charge is -2.31. The number of rotatable bonds is 2. The summed E-state index contributed by atoms with van der Waals surface area (Å²) < 4.78 is 7.07. The summed E-state index contributed by atoms with van der Waals surface area (Å²) in [7, 11) is 0. The largest absolute Gasteiger partial charge is 0.448 e. The number of oxazole rings is 1. The minimum Gasteiger partial charge on any atom is -0.448 e. The predicted molar refractivity (Wildman–Crippen MR) is 86.8 cm³/mol. The number of carbonyl (C=O) groups excluding carboxylic acids is 1. The van der Waals surface area contributed by atoms with Gasteiger partial charge in [-0.15, -0.1) is 0 Å². The fraction of sp³-hybridized carbons (Fsp3) is 0.412. The Kier molecular flexibility index (Phi) is 3.55. The van der Waals surface area contributed by atoms with E-state index in [2.05, 4.69) is 15.1 Å². The Morgan fingerprint density at radius 1 is 1.25 bits per heavy atom. The number of nitrogens with zero attached hydrogens (tertiary/aromatic N) is 5. The van der Waals surface area contributed by atoms with Crippen molar-refractivity contribution >= 4 is 11.6 Å². The van der Waals surface area contributed by atoms with Crippen molar-refractivity contribution in [1.29, 1.82) is 0 Å². The van der Waals surface area contributed by atoms with Crippen LogP contribution < -0.4 is 0 Å². The number of piperidine rings is 1. The molecule has 124 valence electrons. The summed E-state index contributed by atoms with van der Waals surface area (Å²) in [6.07, 6.45) is 4.96. The molecule has 0 unspecified atom stereocenters. The van der Waals surface area contributed by atoms with Gasteiger partial charge in [-0.1, -0.05) is 0 Å². The van der Waals surface area contributed by atoms with Gasteiger partial charge in [-0.3, -0.25) is 4.79 Å². The SMILES string of the molecule is Cc1cc2nccc(C3CCN(C(=O)c4ncoc4C)CC3)n2n1. The lowest BCUT2D eigenvalue weighted by atomic mass is 9.93. The molecule has 4 rings (SSSR count). The van der Waals surface area contributed by atoms with Crippen LogP contribution in [0.2, 0.25) is 0 Å². The maximum Gasteiger partial charge on any atom is 0.276 e. The number of aryl methyl sites for hydroxylation is 2. The average molecular weight is 325 g/mol. The summed E-state index contributed by atoms with van der Waals surface area (Å²) in [6.45, 7) is 5.15. The zero-order valence-corrected chi connectivity index (χ0v) is 13.8. The van der Waals surface area contributed by atoms with Crippen molar-refractivity contribution in [1.82, 2.24) is 24.5 Å². The normalized spacial score (nSPS) is 16.0. The lowest BCUT2D eigenvalue weighted by molar-refractivity contribution is 0.0704. The van der Waals surface area contributed by atoms with E-state index in [1.54, 1.807) is 6.92 Å². The van der Waals surface area contributed by atoms with Crippen molar-refractivity contribution in [2.24, 2.45) is 0 Å². The van der Waals surface area contributed by atoms with Gasteiger partial charge in [0.2, 0.25) is 0 Å². The highest BCUT2D eigenvalue weighted by Gasteiger charge is 2.28. The molecule has 0 saturated carbocycles. The fourth-order valence-corrected chi connectivity index (χ4v) is 3.38. The van der Waals surface area contributed by atoms with Gasteiger partial charge in [-0.2, -0.15) is 5.10 Å². The molecule has 0 bridgehead atoms. The molecule has 0 aromatic carbocycles. The van der Waals surface area contributed by atoms with Crippen LogP contribution in [0.1, 0.15) is 46.4 Å². The number of hydrogen-bond donors (Lipinski definition) is 0. The minimum atomic E-state index is -0.0468. The van der Waals surface area contributed by atoms with Gasteiger partial charge in [0.1, 0.15) is 5.76 Å². The average Bonchev–Trinajstić information content (AvgIpc) is 3.18. The van der Waals surface area contributed by atoms with Crippen LogP contribution in [0, 0.1) is 13.8 Å². The Balaban J connectivity index is 1.51. The second kappa shape index (κ2) is 5.74. The standard InChI is InChI=1S/C17H19N5O2/c1-11-9-15-18-6-3-14(22(15)20-11)13-4-7-21(8-5-13)17(23)16-12(2)24-10-19-16/h3,6,9-10,13H,4-5,7-8H2,1-2H3. The van der Waals surface area contributed by atoms with Gasteiger partial charge in [0.15, 0.2) is 17.7 Å². The number of amides is 1. The summed E-state index contributed by atoms with van der Waals surface area (Å²) in [4.78, 5) is 22.8. The van der Waals surface area contributed by atoms with Crippen molar-refractivity contribution in [2.45, 2.75) is 32.6 Å². The Morgan fingerprint density at radius 2 is 2.04 bits per heavy atom. The summed E-state index contributed by atoms with van der Waals surface area (Å²) in [5.41, 5.74) is 3.42. The van der Waals surface area contributed by atoms with Crippen molar-refractivity contribution in [3.05, 3.63) is 47.6 Å². The van der Waals surface area contributed by atoms with Gasteiger partial charge >= 0.3 is 0 Å². The van der Waals surface area contributed by atoms with Gasteiger partial charge in [0.25, 0.3) is 5.91 Å². The molecule has 0 spiro atoms. The van der Waals surface area contributed by atoms with Crippen LogP contribution in [0.25, 0.3) is 5.65 Å². The predicted octanol–water partition coefficient (Wildman–Crippen LogP) is 2.35. The molecule has 3 aromatic rings. The topological polar surface area (TPSA) is 76.5 Å². The van der Waals surface area contributed by atoms with E-state index in [0.717, 1.165) is 29.9 Å². The highest BCUT2D eigenvalue weighted by atomic mass is 16.3. The molecule has 0 aliphatic carbocycles. The second-order valence-corrected chi connectivity index (χ2v) is 6.25. The number of aromatic nitrogens is 4. The quantitative estimate of drug-likeness (QED) is 0.723. The third-order valence-corrected chi connectivity index (χ3v) is 4.66. The van der Waals surface area contributed by atoms with Gasteiger partial charge in [-0.25, -0.2) is 14.5 Å². The number of hydrogen-bond acceptors (Lipinski definition) is 5. The molecule has 0 N–H and O–H groups in total. The van der Waals surface area contributed by atoms with E-state index in [1.165, 1.54) is 6.39 Å². The zero-order chi connectivity index (χ0) is 16.7. The number of likely N-dealkylation sites (tertiary alicyclic amines) is 1. The Hall–Kier alpha value is -2.70. The van der Waals surface area contributed by atoms with E-state index < -0.39 is 0 Å². The maximum atomic E-state index is 12.5. The first-order chi connectivity index (χ1) is 11.6. The van der Waals surface area contributed by atoms with E-state index in [4.69, 9.17) is 4.42 Å². The first-order valence-corrected chi connectivity index (χ1v) is 8.14. The van der Waals surface area contributed by atoms with Crippen LogP contribution in [0.5, 0.6) is 0 Å². The Bertz CT molecular complexity index is 889. The molecule has 0 atom stereocenters. The molecule has 7 heteroatoms. The van der Waals surface area contributed by atoms with Gasteiger partial charge < -0.3 is 9.32 Å². The third kappa shape index (κ3) is 2.46. The Morgan fingerprint density at radius 3 is 2.75 bits per heavy atom. The minimum absolute atomic E-state index is 0.0468. The van der Waals surface area contributed by atoms with Gasteiger partial charge in [0.05, 0.1) is 5.69 Å². The molecule has 7 nitrogen and oxygen atoms in total. The van der Waals surface area contributed by atoms with E-state index in [0.29, 0.717) is 30.5 Å². The summed E-state index contributed by atoms with van der Waals surface area (Å²) >= 11 is 0. The van der Waals surface area contributed by atoms with E-state index >= 15 is 0 Å². The molecule has 1 fully saturated rings. The molecule has 4 heterocycles. The molecule has 0 radical (unpaired) electrons. The molecule has 1 saturated heterocycles. The number of carbonyl (C=O) groups is 1. The van der Waals surface area contributed by atoms with Gasteiger partial charge in [0, 0.05) is 37.0 Å².